The van der Waals surface area contributed by atoms with Gasteiger partial charge in [-0.05, 0) is 47.9 Å². The minimum Gasteiger partial charge on any atom is -0.496 e. The van der Waals surface area contributed by atoms with Crippen molar-refractivity contribution in [3.8, 4) is 16.9 Å². The second kappa shape index (κ2) is 8.52. The molecule has 3 aromatic carbocycles. The van der Waals surface area contributed by atoms with E-state index in [2.05, 4.69) is 24.4 Å². The molecule has 0 aromatic heterocycles. The molecule has 4 nitrogen and oxygen atoms in total. The smallest absolute Gasteiger partial charge is 0.335 e. The monoisotopic (exact) mass is 361 g/mol. The van der Waals surface area contributed by atoms with Gasteiger partial charge in [-0.15, -0.1) is 0 Å². The van der Waals surface area contributed by atoms with Crippen LogP contribution in [-0.4, -0.2) is 18.2 Å². The maximum atomic E-state index is 11.3. The first-order valence-corrected chi connectivity index (χ1v) is 8.87. The third-order valence-corrected chi connectivity index (χ3v) is 4.60. The Morgan fingerprint density at radius 1 is 1.04 bits per heavy atom. The van der Waals surface area contributed by atoms with Crippen molar-refractivity contribution in [2.45, 2.75) is 19.5 Å². The minimum atomic E-state index is -0.940. The second-order valence-corrected chi connectivity index (χ2v) is 6.43. The molecular weight excluding hydrogens is 338 g/mol. The third kappa shape index (κ3) is 4.54. The Balaban J connectivity index is 1.83. The molecule has 0 saturated heterocycles. The largest absolute Gasteiger partial charge is 0.496 e. The molecule has 0 bridgehead atoms. The summed E-state index contributed by atoms with van der Waals surface area (Å²) in [5.74, 6) is -0.220. The first kappa shape index (κ1) is 18.7. The molecule has 1 unspecified atom stereocenters. The molecule has 4 heteroatoms. The van der Waals surface area contributed by atoms with Crippen LogP contribution in [0.25, 0.3) is 11.1 Å². The van der Waals surface area contributed by atoms with Crippen LogP contribution in [0.15, 0.2) is 72.8 Å². The van der Waals surface area contributed by atoms with Crippen LogP contribution in [0.4, 0.5) is 0 Å². The van der Waals surface area contributed by atoms with E-state index in [9.17, 15) is 9.90 Å². The highest BCUT2D eigenvalue weighted by molar-refractivity contribution is 5.89. The first-order valence-electron chi connectivity index (χ1n) is 8.87. The van der Waals surface area contributed by atoms with E-state index in [-0.39, 0.29) is 11.6 Å². The van der Waals surface area contributed by atoms with Crippen molar-refractivity contribution in [1.82, 2.24) is 5.32 Å². The molecule has 138 valence electrons. The number of aromatic carboxylic acids is 1. The molecule has 0 radical (unpaired) electrons. The molecule has 0 aliphatic carbocycles. The Morgan fingerprint density at radius 3 is 2.52 bits per heavy atom. The summed E-state index contributed by atoms with van der Waals surface area (Å²) in [6.45, 7) is 2.84. The summed E-state index contributed by atoms with van der Waals surface area (Å²) in [6.07, 6.45) is 0. The number of carboxylic acid groups (broad SMARTS) is 1. The molecule has 3 aromatic rings. The number of nitrogens with one attached hydrogen (secondary N) is 1. The van der Waals surface area contributed by atoms with Gasteiger partial charge in [-0.3, -0.25) is 0 Å². The zero-order chi connectivity index (χ0) is 19.2. The van der Waals surface area contributed by atoms with E-state index in [1.807, 2.05) is 42.5 Å². The lowest BCUT2D eigenvalue weighted by molar-refractivity contribution is 0.0697. The van der Waals surface area contributed by atoms with Crippen molar-refractivity contribution in [3.63, 3.8) is 0 Å². The highest BCUT2D eigenvalue weighted by Gasteiger charge is 2.11. The number of ether oxygens (including phenoxy) is 1. The molecule has 0 amide bonds. The quantitative estimate of drug-likeness (QED) is 0.628. The van der Waals surface area contributed by atoms with Crippen LogP contribution < -0.4 is 10.1 Å². The molecule has 3 rings (SSSR count). The standard InChI is InChI=1S/C23H23NO3/c1-16(18-7-4-3-5-8-18)24-15-17-11-12-22(27-2)21(13-17)19-9-6-10-20(14-19)23(25)26/h3-14,16,24H,15H2,1-2H3,(H,25,26). The summed E-state index contributed by atoms with van der Waals surface area (Å²) in [6, 6.07) is 23.4. The summed E-state index contributed by atoms with van der Waals surface area (Å²) in [4.78, 5) is 11.3. The van der Waals surface area contributed by atoms with E-state index in [0.717, 1.165) is 22.4 Å². The van der Waals surface area contributed by atoms with E-state index in [1.54, 1.807) is 25.3 Å². The van der Waals surface area contributed by atoms with Gasteiger partial charge >= 0.3 is 5.97 Å². The molecule has 0 aliphatic rings. The van der Waals surface area contributed by atoms with Gasteiger partial charge in [0.25, 0.3) is 0 Å². The van der Waals surface area contributed by atoms with E-state index in [0.29, 0.717) is 6.54 Å². The lowest BCUT2D eigenvalue weighted by Crippen LogP contribution is -2.18. The number of carboxylic acids is 1. The van der Waals surface area contributed by atoms with Crippen LogP contribution in [0, 0.1) is 0 Å². The maximum Gasteiger partial charge on any atom is 0.335 e. The van der Waals surface area contributed by atoms with Crippen molar-refractivity contribution in [2.75, 3.05) is 7.11 Å². The van der Waals surface area contributed by atoms with Gasteiger partial charge in [-0.2, -0.15) is 0 Å². The van der Waals surface area contributed by atoms with Gasteiger partial charge in [0.2, 0.25) is 0 Å². The van der Waals surface area contributed by atoms with E-state index in [1.165, 1.54) is 5.56 Å². The van der Waals surface area contributed by atoms with Crippen LogP contribution in [-0.2, 0) is 6.54 Å². The fourth-order valence-electron chi connectivity index (χ4n) is 3.04. The number of rotatable bonds is 7. The predicted molar refractivity (Wildman–Crippen MR) is 107 cm³/mol. The van der Waals surface area contributed by atoms with Crippen molar-refractivity contribution in [1.29, 1.82) is 0 Å². The van der Waals surface area contributed by atoms with Gasteiger partial charge in [0.05, 0.1) is 12.7 Å². The molecule has 0 spiro atoms. The van der Waals surface area contributed by atoms with Crippen molar-refractivity contribution in [2.24, 2.45) is 0 Å². The van der Waals surface area contributed by atoms with Crippen LogP contribution in [0.1, 0.15) is 34.5 Å². The summed E-state index contributed by atoms with van der Waals surface area (Å²) >= 11 is 0. The normalized spacial score (nSPS) is 11.8. The number of hydrogen-bond acceptors (Lipinski definition) is 3. The molecule has 0 fully saturated rings. The lowest BCUT2D eigenvalue weighted by Gasteiger charge is -2.16. The van der Waals surface area contributed by atoms with Crippen molar-refractivity contribution in [3.05, 3.63) is 89.5 Å². The van der Waals surface area contributed by atoms with Crippen LogP contribution >= 0.6 is 0 Å². The zero-order valence-corrected chi connectivity index (χ0v) is 15.5. The highest BCUT2D eigenvalue weighted by atomic mass is 16.5. The van der Waals surface area contributed by atoms with Gasteiger partial charge < -0.3 is 15.2 Å². The molecule has 2 N–H and O–H groups in total. The van der Waals surface area contributed by atoms with Gasteiger partial charge in [0.15, 0.2) is 0 Å². The fraction of sp³-hybridized carbons (Fsp3) is 0.174. The summed E-state index contributed by atoms with van der Waals surface area (Å²) in [5.41, 5.74) is 4.31. The van der Waals surface area contributed by atoms with Gasteiger partial charge in [-0.25, -0.2) is 4.79 Å². The van der Waals surface area contributed by atoms with Gasteiger partial charge in [-0.1, -0.05) is 48.5 Å². The lowest BCUT2D eigenvalue weighted by atomic mass is 9.99. The van der Waals surface area contributed by atoms with Crippen molar-refractivity contribution >= 4 is 5.97 Å². The Hall–Kier alpha value is -3.11. The number of methoxy groups -OCH3 is 1. The van der Waals surface area contributed by atoms with Gasteiger partial charge in [0, 0.05) is 18.2 Å². The van der Waals surface area contributed by atoms with E-state index >= 15 is 0 Å². The number of carbonyl (C=O) groups is 1. The van der Waals surface area contributed by atoms with E-state index in [4.69, 9.17) is 4.74 Å². The van der Waals surface area contributed by atoms with Crippen LogP contribution in [0.5, 0.6) is 5.75 Å². The van der Waals surface area contributed by atoms with Crippen LogP contribution in [0.3, 0.4) is 0 Å². The SMILES string of the molecule is COc1ccc(CNC(C)c2ccccc2)cc1-c1cccc(C(=O)O)c1. The molecule has 0 heterocycles. The predicted octanol–water partition coefficient (Wildman–Crippen LogP) is 4.91. The van der Waals surface area contributed by atoms with E-state index < -0.39 is 5.97 Å². The Bertz CT molecular complexity index is 922. The fourth-order valence-corrected chi connectivity index (χ4v) is 3.04. The maximum absolute atomic E-state index is 11.3. The summed E-state index contributed by atoms with van der Waals surface area (Å²) in [7, 11) is 1.62. The third-order valence-electron chi connectivity index (χ3n) is 4.60. The molecule has 0 saturated carbocycles. The summed E-state index contributed by atoms with van der Waals surface area (Å²) in [5, 5.41) is 12.8. The second-order valence-electron chi connectivity index (χ2n) is 6.43. The molecular formula is C23H23NO3. The molecule has 1 atom stereocenters. The minimum absolute atomic E-state index is 0.229. The molecule has 27 heavy (non-hydrogen) atoms. The first-order chi connectivity index (χ1) is 13.1. The van der Waals surface area contributed by atoms with Crippen LogP contribution in [0.2, 0.25) is 0 Å². The average Bonchev–Trinajstić information content (AvgIpc) is 2.72. The molecule has 0 aliphatic heterocycles. The number of hydrogen-bond donors (Lipinski definition) is 2. The zero-order valence-electron chi connectivity index (χ0n) is 15.5. The topological polar surface area (TPSA) is 58.6 Å². The Morgan fingerprint density at radius 2 is 1.81 bits per heavy atom. The number of benzene rings is 3. The van der Waals surface area contributed by atoms with Crippen molar-refractivity contribution < 1.29 is 14.6 Å². The average molecular weight is 361 g/mol. The Kier molecular flexibility index (Phi) is 5.89. The highest BCUT2D eigenvalue weighted by Crippen LogP contribution is 2.31. The Labute approximate surface area is 159 Å². The summed E-state index contributed by atoms with van der Waals surface area (Å²) < 4.78 is 5.48. The van der Waals surface area contributed by atoms with Gasteiger partial charge in [0.1, 0.15) is 5.75 Å².